The highest BCUT2D eigenvalue weighted by molar-refractivity contribution is 5.99. The predicted molar refractivity (Wildman–Crippen MR) is 58.9 cm³/mol. The fourth-order valence-corrected chi connectivity index (χ4v) is 0.845. The monoisotopic (exact) mass is 220 g/mol. The van der Waals surface area contributed by atoms with Gasteiger partial charge in [-0.25, -0.2) is 5.43 Å². The molecule has 0 atom stereocenters. The van der Waals surface area contributed by atoms with Crippen LogP contribution >= 0.6 is 0 Å². The quantitative estimate of drug-likeness (QED) is 0.514. The maximum Gasteiger partial charge on any atom is 0.272 e. The normalized spacial score (nSPS) is 10.8. The third-order valence-electron chi connectivity index (χ3n) is 1.82. The van der Waals surface area contributed by atoms with E-state index in [2.05, 4.69) is 22.1 Å². The highest BCUT2D eigenvalue weighted by Gasteiger charge is 2.04. The van der Waals surface area contributed by atoms with Crippen LogP contribution in [0.15, 0.2) is 41.9 Å². The van der Waals surface area contributed by atoms with Gasteiger partial charge >= 0.3 is 0 Å². The molecule has 0 spiro atoms. The highest BCUT2D eigenvalue weighted by atomic mass is 16.5. The molecule has 0 aliphatic rings. The van der Waals surface area contributed by atoms with E-state index in [0.717, 1.165) is 0 Å². The number of nitrogens with zero attached hydrogens (tertiary/aromatic N) is 2. The summed E-state index contributed by atoms with van der Waals surface area (Å²) < 4.78 is 0. The van der Waals surface area contributed by atoms with Crippen LogP contribution < -0.4 is 10.9 Å². The molecule has 0 unspecified atom stereocenters. The summed E-state index contributed by atoms with van der Waals surface area (Å²) in [6, 6.07) is 3.27. The van der Waals surface area contributed by atoms with Crippen LogP contribution in [0.4, 0.5) is 0 Å². The first-order valence-electron chi connectivity index (χ1n) is 4.49. The number of amides is 1. The summed E-state index contributed by atoms with van der Waals surface area (Å²) in [5, 5.41) is 12.3. The smallest absolute Gasteiger partial charge is 0.272 e. The van der Waals surface area contributed by atoms with Crippen molar-refractivity contribution >= 4 is 11.6 Å². The molecule has 0 aliphatic carbocycles. The van der Waals surface area contributed by atoms with Gasteiger partial charge in [-0.3, -0.25) is 20.5 Å². The Labute approximate surface area is 92.7 Å². The van der Waals surface area contributed by atoms with Crippen molar-refractivity contribution in [1.29, 1.82) is 0 Å². The molecule has 84 valence electrons. The van der Waals surface area contributed by atoms with E-state index < -0.39 is 0 Å². The number of hydroxylamine groups is 1. The lowest BCUT2D eigenvalue weighted by atomic mass is 10.3. The van der Waals surface area contributed by atoms with E-state index in [1.807, 2.05) is 5.48 Å². The van der Waals surface area contributed by atoms with E-state index in [4.69, 9.17) is 5.21 Å². The van der Waals surface area contributed by atoms with Gasteiger partial charge in [0.1, 0.15) is 0 Å². The lowest BCUT2D eigenvalue weighted by Crippen LogP contribution is -2.22. The number of pyridine rings is 1. The zero-order valence-corrected chi connectivity index (χ0v) is 8.77. The number of rotatable bonds is 4. The Kier molecular flexibility index (Phi) is 4.16. The lowest BCUT2D eigenvalue weighted by molar-refractivity contribution is 0.0954. The maximum absolute atomic E-state index is 11.5. The van der Waals surface area contributed by atoms with Gasteiger partial charge in [-0.15, -0.1) is 0 Å². The minimum absolute atomic E-state index is 0.214. The molecular formula is C10H12N4O2. The first-order chi connectivity index (χ1) is 7.65. The van der Waals surface area contributed by atoms with Gasteiger partial charge in [-0.1, -0.05) is 6.58 Å². The number of hydrogen-bond donors (Lipinski definition) is 3. The van der Waals surface area contributed by atoms with Crippen LogP contribution in [0.2, 0.25) is 0 Å². The molecule has 0 radical (unpaired) electrons. The van der Waals surface area contributed by atoms with Crippen LogP contribution in [-0.4, -0.2) is 21.8 Å². The average Bonchev–Trinajstić information content (AvgIpc) is 2.35. The minimum Gasteiger partial charge on any atom is -0.291 e. The Morgan fingerprint density at radius 1 is 1.62 bits per heavy atom. The fraction of sp³-hybridized carbons (Fsp3) is 0.100. The van der Waals surface area contributed by atoms with Crippen molar-refractivity contribution in [1.82, 2.24) is 15.9 Å². The van der Waals surface area contributed by atoms with Gasteiger partial charge in [-0.2, -0.15) is 5.10 Å². The molecule has 1 heterocycles. The van der Waals surface area contributed by atoms with E-state index in [1.54, 1.807) is 25.3 Å². The van der Waals surface area contributed by atoms with Crippen molar-refractivity contribution < 1.29 is 10.0 Å². The number of hydrazone groups is 1. The molecule has 3 N–H and O–H groups in total. The molecule has 1 aromatic rings. The molecule has 0 bridgehead atoms. The summed E-state index contributed by atoms with van der Waals surface area (Å²) in [4.78, 5) is 15.3. The minimum atomic E-state index is -0.377. The molecule has 16 heavy (non-hydrogen) atoms. The summed E-state index contributed by atoms with van der Waals surface area (Å²) in [5.74, 6) is -0.377. The maximum atomic E-state index is 11.5. The first kappa shape index (κ1) is 11.9. The van der Waals surface area contributed by atoms with Crippen molar-refractivity contribution in [2.24, 2.45) is 5.10 Å². The van der Waals surface area contributed by atoms with Gasteiger partial charge in [0.25, 0.3) is 5.91 Å². The van der Waals surface area contributed by atoms with Crippen molar-refractivity contribution in [2.75, 3.05) is 0 Å². The van der Waals surface area contributed by atoms with Gasteiger partial charge in [0.15, 0.2) is 0 Å². The number of carbonyl (C=O) groups is 1. The van der Waals surface area contributed by atoms with Crippen LogP contribution in [0.5, 0.6) is 0 Å². The highest BCUT2D eigenvalue weighted by Crippen LogP contribution is 1.95. The average molecular weight is 220 g/mol. The number of allylic oxidation sites excluding steroid dienone is 1. The number of hydrogen-bond acceptors (Lipinski definition) is 5. The van der Waals surface area contributed by atoms with Crippen LogP contribution in [0.1, 0.15) is 17.3 Å². The first-order valence-corrected chi connectivity index (χ1v) is 4.49. The Balaban J connectivity index is 2.63. The SMILES string of the molecule is C=C(NO)C(C)=NNC(=O)c1cccnc1. The third kappa shape index (κ3) is 3.18. The van der Waals surface area contributed by atoms with E-state index in [0.29, 0.717) is 11.3 Å². The molecule has 1 aromatic heterocycles. The summed E-state index contributed by atoms with van der Waals surface area (Å²) in [7, 11) is 0. The van der Waals surface area contributed by atoms with E-state index in [9.17, 15) is 4.79 Å². The van der Waals surface area contributed by atoms with Crippen LogP contribution in [0.25, 0.3) is 0 Å². The van der Waals surface area contributed by atoms with Gasteiger partial charge in [0, 0.05) is 12.4 Å². The molecule has 6 nitrogen and oxygen atoms in total. The summed E-state index contributed by atoms with van der Waals surface area (Å²) in [5.41, 5.74) is 5.14. The van der Waals surface area contributed by atoms with Gasteiger partial charge in [0.2, 0.25) is 0 Å². The summed E-state index contributed by atoms with van der Waals surface area (Å²) in [6.07, 6.45) is 3.00. The molecule has 0 aliphatic heterocycles. The summed E-state index contributed by atoms with van der Waals surface area (Å²) in [6.45, 7) is 5.06. The molecule has 0 aromatic carbocycles. The van der Waals surface area contributed by atoms with Crippen LogP contribution in [0, 0.1) is 0 Å². The molecule has 0 saturated carbocycles. The van der Waals surface area contributed by atoms with Gasteiger partial charge in [0.05, 0.1) is 17.0 Å². The third-order valence-corrected chi connectivity index (χ3v) is 1.82. The summed E-state index contributed by atoms with van der Waals surface area (Å²) >= 11 is 0. The Morgan fingerprint density at radius 2 is 2.38 bits per heavy atom. The van der Waals surface area contributed by atoms with Crippen LogP contribution in [0.3, 0.4) is 0 Å². The van der Waals surface area contributed by atoms with E-state index >= 15 is 0 Å². The topological polar surface area (TPSA) is 86.6 Å². The molecular weight excluding hydrogens is 208 g/mol. The number of aromatic nitrogens is 1. The lowest BCUT2D eigenvalue weighted by Gasteiger charge is -2.03. The number of nitrogens with one attached hydrogen (secondary N) is 2. The number of carbonyl (C=O) groups excluding carboxylic acids is 1. The van der Waals surface area contributed by atoms with Crippen molar-refractivity contribution in [3.63, 3.8) is 0 Å². The molecule has 0 saturated heterocycles. The van der Waals surface area contributed by atoms with Crippen LogP contribution in [-0.2, 0) is 0 Å². The second kappa shape index (κ2) is 5.62. The zero-order valence-electron chi connectivity index (χ0n) is 8.77. The Hall–Kier alpha value is -2.21. The standard InChI is InChI=1S/C10H12N4O2/c1-7(8(2)14-16)12-13-10(15)9-4-3-5-11-6-9/h3-6,14,16H,2H2,1H3,(H,13,15). The Morgan fingerprint density at radius 3 is 2.94 bits per heavy atom. The molecule has 1 rings (SSSR count). The van der Waals surface area contributed by atoms with Crippen molar-refractivity contribution in [2.45, 2.75) is 6.92 Å². The van der Waals surface area contributed by atoms with Gasteiger partial charge < -0.3 is 0 Å². The zero-order chi connectivity index (χ0) is 12.0. The largest absolute Gasteiger partial charge is 0.291 e. The van der Waals surface area contributed by atoms with Gasteiger partial charge in [-0.05, 0) is 19.1 Å². The van der Waals surface area contributed by atoms with E-state index in [-0.39, 0.29) is 11.6 Å². The van der Waals surface area contributed by atoms with Crippen molar-refractivity contribution in [3.8, 4) is 0 Å². The fourth-order valence-electron chi connectivity index (χ4n) is 0.845. The second-order valence-corrected chi connectivity index (χ2v) is 2.97. The molecule has 0 fully saturated rings. The van der Waals surface area contributed by atoms with Crippen molar-refractivity contribution in [3.05, 3.63) is 42.4 Å². The molecule has 1 amide bonds. The predicted octanol–water partition coefficient (Wildman–Crippen LogP) is 0.680. The second-order valence-electron chi connectivity index (χ2n) is 2.97. The van der Waals surface area contributed by atoms with E-state index in [1.165, 1.54) is 6.20 Å². The Bertz CT molecular complexity index is 414. The molecule has 6 heteroatoms.